The molecule has 2 aromatic rings. The van der Waals surface area contributed by atoms with E-state index >= 15 is 0 Å². The molecule has 0 aliphatic rings. The summed E-state index contributed by atoms with van der Waals surface area (Å²) >= 11 is 7.62. The van der Waals surface area contributed by atoms with Gasteiger partial charge in [0.2, 0.25) is 0 Å². The molecule has 0 aliphatic carbocycles. The van der Waals surface area contributed by atoms with E-state index in [2.05, 4.69) is 11.9 Å². The second-order valence-corrected chi connectivity index (χ2v) is 4.52. The zero-order valence-corrected chi connectivity index (χ0v) is 8.95. The van der Waals surface area contributed by atoms with Crippen molar-refractivity contribution in [1.29, 1.82) is 0 Å². The number of fused-ring (bicyclic) bond motifs is 1. The molecule has 0 saturated heterocycles. The smallest absolute Gasteiger partial charge is 0.0938 e. The Hall–Kier alpha value is -0.600. The van der Waals surface area contributed by atoms with Gasteiger partial charge in [-0.25, -0.2) is 4.98 Å². The number of benzene rings is 1. The number of aromatic nitrogens is 1. The lowest BCUT2D eigenvalue weighted by Crippen LogP contribution is -1.78. The topological polar surface area (TPSA) is 12.9 Å². The van der Waals surface area contributed by atoms with Crippen molar-refractivity contribution >= 4 is 33.2 Å². The quantitative estimate of drug-likeness (QED) is 0.734. The third kappa shape index (κ3) is 1.84. The Morgan fingerprint density at radius 3 is 3.08 bits per heavy atom. The molecule has 0 atom stereocenters. The molecule has 68 valence electrons. The number of aryl methyl sites for hydroxylation is 1. The van der Waals surface area contributed by atoms with Gasteiger partial charge in [0.1, 0.15) is 0 Å². The Morgan fingerprint density at radius 1 is 1.46 bits per heavy atom. The molecule has 0 saturated carbocycles. The fraction of sp³-hybridized carbons (Fsp3) is 0.300. The molecule has 1 heterocycles. The van der Waals surface area contributed by atoms with Crippen molar-refractivity contribution in [2.75, 3.05) is 0 Å². The van der Waals surface area contributed by atoms with Crippen molar-refractivity contribution in [3.05, 3.63) is 28.2 Å². The van der Waals surface area contributed by atoms with Gasteiger partial charge in [0.15, 0.2) is 0 Å². The molecule has 1 aromatic heterocycles. The summed E-state index contributed by atoms with van der Waals surface area (Å²) < 4.78 is 1.19. The van der Waals surface area contributed by atoms with Crippen molar-refractivity contribution in [1.82, 2.24) is 4.98 Å². The van der Waals surface area contributed by atoms with Crippen LogP contribution in [0.15, 0.2) is 18.2 Å². The number of thiazole rings is 1. The lowest BCUT2D eigenvalue weighted by Gasteiger charge is -1.86. The first-order chi connectivity index (χ1) is 6.29. The summed E-state index contributed by atoms with van der Waals surface area (Å²) in [6.07, 6.45) is 2.21. The van der Waals surface area contributed by atoms with Crippen LogP contribution < -0.4 is 0 Å². The first-order valence-electron chi connectivity index (χ1n) is 4.34. The van der Waals surface area contributed by atoms with Crippen molar-refractivity contribution in [3.63, 3.8) is 0 Å². The normalized spacial score (nSPS) is 10.9. The van der Waals surface area contributed by atoms with E-state index in [0.717, 1.165) is 23.4 Å². The summed E-state index contributed by atoms with van der Waals surface area (Å²) in [6, 6.07) is 5.85. The lowest BCUT2D eigenvalue weighted by molar-refractivity contribution is 0.913. The van der Waals surface area contributed by atoms with Crippen molar-refractivity contribution < 1.29 is 0 Å². The van der Waals surface area contributed by atoms with Crippen LogP contribution in [0.25, 0.3) is 10.2 Å². The highest BCUT2D eigenvalue weighted by Crippen LogP contribution is 2.25. The molecule has 0 fully saturated rings. The minimum absolute atomic E-state index is 0.791. The van der Waals surface area contributed by atoms with Crippen LogP contribution in [0.1, 0.15) is 18.4 Å². The zero-order chi connectivity index (χ0) is 9.26. The molecule has 0 unspecified atom stereocenters. The fourth-order valence-electron chi connectivity index (χ4n) is 1.27. The average Bonchev–Trinajstić information content (AvgIpc) is 2.46. The van der Waals surface area contributed by atoms with Gasteiger partial charge in [0.25, 0.3) is 0 Å². The standard InChI is InChI=1S/C10H10ClNS/c1-2-3-10-12-8-5-4-7(11)6-9(8)13-10/h4-6H,2-3H2,1H3. The van der Waals surface area contributed by atoms with E-state index in [9.17, 15) is 0 Å². The SMILES string of the molecule is CCCc1nc2ccc(Cl)cc2s1. The summed E-state index contributed by atoms with van der Waals surface area (Å²) in [7, 11) is 0. The molecule has 0 N–H and O–H groups in total. The maximum Gasteiger partial charge on any atom is 0.0938 e. The van der Waals surface area contributed by atoms with E-state index in [-0.39, 0.29) is 0 Å². The molecule has 0 spiro atoms. The summed E-state index contributed by atoms with van der Waals surface area (Å²) in [5.41, 5.74) is 1.07. The van der Waals surface area contributed by atoms with Crippen LogP contribution in [0.5, 0.6) is 0 Å². The maximum absolute atomic E-state index is 5.88. The van der Waals surface area contributed by atoms with E-state index in [0.29, 0.717) is 0 Å². The van der Waals surface area contributed by atoms with E-state index in [4.69, 9.17) is 11.6 Å². The Balaban J connectivity index is 2.49. The molecule has 13 heavy (non-hydrogen) atoms. The predicted molar refractivity (Wildman–Crippen MR) is 58.6 cm³/mol. The Morgan fingerprint density at radius 2 is 2.31 bits per heavy atom. The third-order valence-electron chi connectivity index (χ3n) is 1.86. The van der Waals surface area contributed by atoms with Gasteiger partial charge in [0.05, 0.1) is 15.2 Å². The number of rotatable bonds is 2. The monoisotopic (exact) mass is 211 g/mol. The first-order valence-corrected chi connectivity index (χ1v) is 5.54. The Labute approximate surface area is 86.4 Å². The zero-order valence-electron chi connectivity index (χ0n) is 7.38. The Kier molecular flexibility index (Phi) is 2.51. The van der Waals surface area contributed by atoms with Gasteiger partial charge >= 0.3 is 0 Å². The first kappa shape index (κ1) is 8.97. The molecule has 3 heteroatoms. The van der Waals surface area contributed by atoms with Crippen LogP contribution in [-0.4, -0.2) is 4.98 Å². The van der Waals surface area contributed by atoms with Gasteiger partial charge < -0.3 is 0 Å². The predicted octanol–water partition coefficient (Wildman–Crippen LogP) is 3.90. The van der Waals surface area contributed by atoms with E-state index in [1.807, 2.05) is 18.2 Å². The van der Waals surface area contributed by atoms with Gasteiger partial charge in [-0.05, 0) is 31.0 Å². The second kappa shape index (κ2) is 3.64. The number of hydrogen-bond donors (Lipinski definition) is 0. The van der Waals surface area contributed by atoms with Crippen LogP contribution in [0.3, 0.4) is 0 Å². The lowest BCUT2D eigenvalue weighted by atomic mass is 10.3. The molecule has 1 nitrogen and oxygen atoms in total. The van der Waals surface area contributed by atoms with Crippen molar-refractivity contribution in [2.24, 2.45) is 0 Å². The molecule has 0 bridgehead atoms. The third-order valence-corrected chi connectivity index (χ3v) is 3.17. The number of nitrogens with zero attached hydrogens (tertiary/aromatic N) is 1. The van der Waals surface area contributed by atoms with Gasteiger partial charge in [-0.2, -0.15) is 0 Å². The minimum Gasteiger partial charge on any atom is -0.241 e. The fourth-order valence-corrected chi connectivity index (χ4v) is 2.61. The van der Waals surface area contributed by atoms with E-state index in [1.165, 1.54) is 9.71 Å². The van der Waals surface area contributed by atoms with E-state index < -0.39 is 0 Å². The van der Waals surface area contributed by atoms with Crippen LogP contribution in [-0.2, 0) is 6.42 Å². The van der Waals surface area contributed by atoms with E-state index in [1.54, 1.807) is 11.3 Å². The van der Waals surface area contributed by atoms with Crippen LogP contribution >= 0.6 is 22.9 Å². The Bertz CT molecular complexity index is 422. The number of hydrogen-bond acceptors (Lipinski definition) is 2. The summed E-state index contributed by atoms with van der Waals surface area (Å²) in [5.74, 6) is 0. The highest BCUT2D eigenvalue weighted by molar-refractivity contribution is 7.18. The molecular formula is C10H10ClNS. The molecule has 0 amide bonds. The highest BCUT2D eigenvalue weighted by Gasteiger charge is 2.02. The molecule has 0 aliphatic heterocycles. The molecular weight excluding hydrogens is 202 g/mol. The van der Waals surface area contributed by atoms with Gasteiger partial charge in [0, 0.05) is 5.02 Å². The van der Waals surface area contributed by atoms with Crippen molar-refractivity contribution in [2.45, 2.75) is 19.8 Å². The average molecular weight is 212 g/mol. The van der Waals surface area contributed by atoms with Gasteiger partial charge in [-0.3, -0.25) is 0 Å². The van der Waals surface area contributed by atoms with Gasteiger partial charge in [-0.1, -0.05) is 18.5 Å². The molecule has 0 radical (unpaired) electrons. The summed E-state index contributed by atoms with van der Waals surface area (Å²) in [4.78, 5) is 4.50. The summed E-state index contributed by atoms with van der Waals surface area (Å²) in [5, 5.41) is 2.00. The molecule has 2 rings (SSSR count). The minimum atomic E-state index is 0.791. The van der Waals surface area contributed by atoms with Crippen LogP contribution in [0, 0.1) is 0 Å². The number of halogens is 1. The van der Waals surface area contributed by atoms with Gasteiger partial charge in [-0.15, -0.1) is 11.3 Å². The summed E-state index contributed by atoms with van der Waals surface area (Å²) in [6.45, 7) is 2.17. The maximum atomic E-state index is 5.88. The molecule has 1 aromatic carbocycles. The highest BCUT2D eigenvalue weighted by atomic mass is 35.5. The van der Waals surface area contributed by atoms with Crippen molar-refractivity contribution in [3.8, 4) is 0 Å². The largest absolute Gasteiger partial charge is 0.241 e. The van der Waals surface area contributed by atoms with Crippen LogP contribution in [0.2, 0.25) is 5.02 Å². The van der Waals surface area contributed by atoms with Crippen LogP contribution in [0.4, 0.5) is 0 Å². The second-order valence-electron chi connectivity index (χ2n) is 2.97.